The second-order valence-electron chi connectivity index (χ2n) is 6.85. The third-order valence-corrected chi connectivity index (χ3v) is 5.41. The molecule has 2 aliphatic carbocycles. The maximum Gasteiger partial charge on any atom is 0.163 e. The van der Waals surface area contributed by atoms with Gasteiger partial charge in [-0.15, -0.1) is 0 Å². The van der Waals surface area contributed by atoms with Gasteiger partial charge in [0.05, 0.1) is 0 Å². The fraction of sp³-hybridized carbons (Fsp3) is 0.333. The molecule has 4 rings (SSSR count). The zero-order valence-corrected chi connectivity index (χ0v) is 13.6. The summed E-state index contributed by atoms with van der Waals surface area (Å²) in [6, 6.07) is 10.2. The van der Waals surface area contributed by atoms with Crippen molar-refractivity contribution < 1.29 is 9.59 Å². The average Bonchev–Trinajstić information content (AvgIpc) is 2.85. The summed E-state index contributed by atoms with van der Waals surface area (Å²) in [5.41, 5.74) is 7.87. The fourth-order valence-electron chi connectivity index (χ4n) is 4.08. The van der Waals surface area contributed by atoms with Crippen molar-refractivity contribution in [2.75, 3.05) is 0 Å². The van der Waals surface area contributed by atoms with Gasteiger partial charge >= 0.3 is 0 Å². The Balaban J connectivity index is 2.05. The Labute approximate surface area is 136 Å². The first-order valence-electron chi connectivity index (χ1n) is 8.39. The van der Waals surface area contributed by atoms with Gasteiger partial charge in [0.1, 0.15) is 0 Å². The first kappa shape index (κ1) is 14.4. The lowest BCUT2D eigenvalue weighted by Crippen LogP contribution is -2.00. The first-order chi connectivity index (χ1) is 11.1. The third-order valence-electron chi connectivity index (χ3n) is 5.41. The largest absolute Gasteiger partial charge is 0.295 e. The number of ketones is 2. The van der Waals surface area contributed by atoms with Crippen molar-refractivity contribution >= 4 is 11.6 Å². The summed E-state index contributed by atoms with van der Waals surface area (Å²) >= 11 is 0. The molecular weight excluding hydrogens is 284 g/mol. The first-order valence-corrected chi connectivity index (χ1v) is 8.39. The molecule has 2 nitrogen and oxygen atoms in total. The summed E-state index contributed by atoms with van der Waals surface area (Å²) in [5.74, 6) is 0.811. The molecule has 2 aromatic carbocycles. The van der Waals surface area contributed by atoms with E-state index in [0.29, 0.717) is 12.3 Å². The van der Waals surface area contributed by atoms with E-state index in [2.05, 4.69) is 19.1 Å². The van der Waals surface area contributed by atoms with E-state index in [0.717, 1.165) is 30.4 Å². The van der Waals surface area contributed by atoms with Gasteiger partial charge in [-0.1, -0.05) is 31.2 Å². The molecule has 0 N–H and O–H groups in total. The van der Waals surface area contributed by atoms with E-state index in [1.807, 2.05) is 18.2 Å². The lowest BCUT2D eigenvalue weighted by Gasteiger charge is -2.17. The number of Topliss-reactive ketones (excluding diaryl/α,β-unsaturated/α-hetero) is 2. The molecule has 23 heavy (non-hydrogen) atoms. The SMILES string of the molecule is CC(=O)c1ccc2c(c1)-c1c(ccc3c1CCC3=O)CCC2C. The second kappa shape index (κ2) is 5.16. The van der Waals surface area contributed by atoms with Gasteiger partial charge in [0.2, 0.25) is 0 Å². The van der Waals surface area contributed by atoms with Gasteiger partial charge in [-0.2, -0.15) is 0 Å². The van der Waals surface area contributed by atoms with Crippen molar-refractivity contribution in [3.05, 3.63) is 58.1 Å². The minimum Gasteiger partial charge on any atom is -0.295 e. The molecule has 0 radical (unpaired) electrons. The van der Waals surface area contributed by atoms with Crippen molar-refractivity contribution in [3.63, 3.8) is 0 Å². The number of benzene rings is 2. The maximum absolute atomic E-state index is 12.1. The minimum absolute atomic E-state index is 0.0925. The summed E-state index contributed by atoms with van der Waals surface area (Å²) < 4.78 is 0. The van der Waals surface area contributed by atoms with Crippen molar-refractivity contribution in [2.45, 2.75) is 45.4 Å². The van der Waals surface area contributed by atoms with Crippen LogP contribution in [0, 0.1) is 0 Å². The Morgan fingerprint density at radius 2 is 1.87 bits per heavy atom. The Morgan fingerprint density at radius 3 is 2.65 bits per heavy atom. The minimum atomic E-state index is 0.0925. The molecule has 1 atom stereocenters. The van der Waals surface area contributed by atoms with Crippen molar-refractivity contribution in [2.24, 2.45) is 0 Å². The second-order valence-corrected chi connectivity index (χ2v) is 6.85. The van der Waals surface area contributed by atoms with E-state index in [4.69, 9.17) is 0 Å². The number of hydrogen-bond donors (Lipinski definition) is 0. The molecule has 0 amide bonds. The van der Waals surface area contributed by atoms with E-state index in [9.17, 15) is 9.59 Å². The molecule has 1 unspecified atom stereocenters. The molecule has 0 heterocycles. The van der Waals surface area contributed by atoms with Gasteiger partial charge in [0.15, 0.2) is 11.6 Å². The number of rotatable bonds is 1. The topological polar surface area (TPSA) is 34.1 Å². The lowest BCUT2D eigenvalue weighted by molar-refractivity contribution is 0.0991. The molecule has 0 aliphatic heterocycles. The molecule has 0 saturated heterocycles. The normalized spacial score (nSPS) is 18.9. The molecule has 2 heteroatoms. The Morgan fingerprint density at radius 1 is 1.04 bits per heavy atom. The van der Waals surface area contributed by atoms with E-state index in [-0.39, 0.29) is 11.6 Å². The third kappa shape index (κ3) is 2.16. The zero-order valence-electron chi connectivity index (χ0n) is 13.6. The van der Waals surface area contributed by atoms with Gasteiger partial charge in [-0.05, 0) is 66.0 Å². The predicted octanol–water partition coefficient (Wildman–Crippen LogP) is 4.73. The average molecular weight is 304 g/mol. The fourth-order valence-corrected chi connectivity index (χ4v) is 4.08. The Kier molecular flexibility index (Phi) is 3.22. The van der Waals surface area contributed by atoms with Crippen LogP contribution in [0.15, 0.2) is 30.3 Å². The molecule has 0 fully saturated rings. The summed E-state index contributed by atoms with van der Waals surface area (Å²) in [5, 5.41) is 0. The maximum atomic E-state index is 12.1. The quantitative estimate of drug-likeness (QED) is 0.713. The van der Waals surface area contributed by atoms with Crippen LogP contribution in [0.25, 0.3) is 11.1 Å². The zero-order chi connectivity index (χ0) is 16.1. The Hall–Kier alpha value is -2.22. The molecular formula is C21H20O2. The van der Waals surface area contributed by atoms with Crippen LogP contribution in [-0.4, -0.2) is 11.6 Å². The molecule has 0 bridgehead atoms. The van der Waals surface area contributed by atoms with Crippen LogP contribution in [0.5, 0.6) is 0 Å². The van der Waals surface area contributed by atoms with Gasteiger partial charge < -0.3 is 0 Å². The standard InChI is InChI=1S/C21H20O2/c1-12-3-4-14-5-8-17-18(9-10-20(17)23)21(14)19-11-15(13(2)22)6-7-16(12)19/h5-8,11-12H,3-4,9-10H2,1-2H3. The number of hydrogen-bond acceptors (Lipinski definition) is 2. The van der Waals surface area contributed by atoms with Gasteiger partial charge in [0, 0.05) is 17.5 Å². The van der Waals surface area contributed by atoms with Crippen LogP contribution in [0.2, 0.25) is 0 Å². The Bertz CT molecular complexity index is 845. The van der Waals surface area contributed by atoms with Crippen LogP contribution in [0.3, 0.4) is 0 Å². The van der Waals surface area contributed by atoms with Crippen LogP contribution >= 0.6 is 0 Å². The highest BCUT2D eigenvalue weighted by molar-refractivity contribution is 6.03. The molecule has 2 aromatic rings. The molecule has 0 spiro atoms. The summed E-state index contributed by atoms with van der Waals surface area (Å²) in [6.07, 6.45) is 3.58. The van der Waals surface area contributed by atoms with Crippen LogP contribution < -0.4 is 0 Å². The highest BCUT2D eigenvalue weighted by Crippen LogP contribution is 2.43. The highest BCUT2D eigenvalue weighted by Gasteiger charge is 2.28. The summed E-state index contributed by atoms with van der Waals surface area (Å²) in [7, 11) is 0. The number of carbonyl (C=O) groups excluding carboxylic acids is 2. The summed E-state index contributed by atoms with van der Waals surface area (Å²) in [6.45, 7) is 3.87. The molecule has 0 saturated carbocycles. The molecule has 0 aromatic heterocycles. The van der Waals surface area contributed by atoms with Crippen molar-refractivity contribution in [1.29, 1.82) is 0 Å². The summed E-state index contributed by atoms with van der Waals surface area (Å²) in [4.78, 5) is 24.0. The monoisotopic (exact) mass is 304 g/mol. The molecule has 2 aliphatic rings. The van der Waals surface area contributed by atoms with E-state index >= 15 is 0 Å². The van der Waals surface area contributed by atoms with Crippen molar-refractivity contribution in [1.82, 2.24) is 0 Å². The molecule has 116 valence electrons. The smallest absolute Gasteiger partial charge is 0.163 e. The van der Waals surface area contributed by atoms with Gasteiger partial charge in [-0.3, -0.25) is 9.59 Å². The number of fused-ring (bicyclic) bond motifs is 5. The van der Waals surface area contributed by atoms with Gasteiger partial charge in [-0.25, -0.2) is 0 Å². The van der Waals surface area contributed by atoms with Gasteiger partial charge in [0.25, 0.3) is 0 Å². The van der Waals surface area contributed by atoms with E-state index in [1.54, 1.807) is 6.92 Å². The van der Waals surface area contributed by atoms with E-state index in [1.165, 1.54) is 27.8 Å². The highest BCUT2D eigenvalue weighted by atomic mass is 16.1. The van der Waals surface area contributed by atoms with Crippen LogP contribution in [-0.2, 0) is 12.8 Å². The van der Waals surface area contributed by atoms with Crippen molar-refractivity contribution in [3.8, 4) is 11.1 Å². The van der Waals surface area contributed by atoms with Crippen LogP contribution in [0.1, 0.15) is 70.0 Å². The van der Waals surface area contributed by atoms with E-state index < -0.39 is 0 Å². The predicted molar refractivity (Wildman–Crippen MR) is 91.3 cm³/mol. The number of aryl methyl sites for hydroxylation is 1. The lowest BCUT2D eigenvalue weighted by atomic mass is 9.87. The number of carbonyl (C=O) groups is 2. The van der Waals surface area contributed by atoms with Crippen LogP contribution in [0.4, 0.5) is 0 Å².